The highest BCUT2D eigenvalue weighted by Crippen LogP contribution is 2.33. The first kappa shape index (κ1) is 22.5. The van der Waals surface area contributed by atoms with Crippen molar-refractivity contribution in [1.82, 2.24) is 19.9 Å². The highest BCUT2D eigenvalue weighted by atomic mass is 32.2. The molecule has 0 aliphatic carbocycles. The summed E-state index contributed by atoms with van der Waals surface area (Å²) >= 11 is 0. The molecule has 4 rings (SSSR count). The number of nitrogens with zero attached hydrogens (tertiary/aromatic N) is 4. The van der Waals surface area contributed by atoms with Gasteiger partial charge in [-0.05, 0) is 31.2 Å². The van der Waals surface area contributed by atoms with Crippen molar-refractivity contribution in [2.24, 2.45) is 0 Å². The van der Waals surface area contributed by atoms with Crippen molar-refractivity contribution in [3.63, 3.8) is 0 Å². The number of halogens is 3. The van der Waals surface area contributed by atoms with Crippen LogP contribution >= 0.6 is 0 Å². The van der Waals surface area contributed by atoms with Crippen molar-refractivity contribution in [1.29, 1.82) is 0 Å². The van der Waals surface area contributed by atoms with Crippen LogP contribution in [0.2, 0.25) is 0 Å². The molecule has 3 N–H and O–H groups in total. The van der Waals surface area contributed by atoms with Gasteiger partial charge in [-0.3, -0.25) is 4.31 Å². The Morgan fingerprint density at radius 1 is 0.970 bits per heavy atom. The second-order valence-corrected chi connectivity index (χ2v) is 8.57. The van der Waals surface area contributed by atoms with Crippen LogP contribution in [-0.4, -0.2) is 37.4 Å². The number of para-hydroxylation sites is 2. The zero-order valence-electron chi connectivity index (χ0n) is 17.9. The van der Waals surface area contributed by atoms with Gasteiger partial charge in [0.1, 0.15) is 39.7 Å². The number of fused-ring (bicyclic) bond motifs is 1. The highest BCUT2D eigenvalue weighted by molar-refractivity contribution is 7.85. The summed E-state index contributed by atoms with van der Waals surface area (Å²) in [7, 11) is 0.469. The number of benzene rings is 1. The minimum absolute atomic E-state index is 0.00334. The van der Waals surface area contributed by atoms with Crippen LogP contribution in [0.15, 0.2) is 48.5 Å². The van der Waals surface area contributed by atoms with E-state index < -0.39 is 22.9 Å². The largest absolute Gasteiger partial charge is 0.433 e. The average molecular weight is 476 g/mol. The number of aryl methyl sites for hydroxylation is 1. The van der Waals surface area contributed by atoms with Crippen molar-refractivity contribution in [2.75, 3.05) is 28.2 Å². The van der Waals surface area contributed by atoms with E-state index in [-0.39, 0.29) is 11.6 Å². The van der Waals surface area contributed by atoms with E-state index in [1.807, 2.05) is 24.3 Å². The second kappa shape index (κ2) is 8.70. The lowest BCUT2D eigenvalue weighted by molar-refractivity contribution is -0.141. The molecule has 0 radical (unpaired) electrons. The molecule has 0 saturated heterocycles. The number of hydrogen-bond acceptors (Lipinski definition) is 6. The van der Waals surface area contributed by atoms with Gasteiger partial charge in [-0.1, -0.05) is 18.2 Å². The van der Waals surface area contributed by atoms with Crippen LogP contribution in [-0.2, 0) is 17.2 Å². The number of imidazole rings is 1. The zero-order valence-corrected chi connectivity index (χ0v) is 18.7. The Balaban J connectivity index is 1.74. The summed E-state index contributed by atoms with van der Waals surface area (Å²) in [6.07, 6.45) is -2.99. The van der Waals surface area contributed by atoms with Gasteiger partial charge < -0.3 is 15.6 Å². The van der Waals surface area contributed by atoms with Gasteiger partial charge in [0.15, 0.2) is 5.65 Å². The lowest BCUT2D eigenvalue weighted by atomic mass is 10.2. The van der Waals surface area contributed by atoms with Crippen LogP contribution < -0.4 is 14.9 Å². The Morgan fingerprint density at radius 2 is 1.73 bits per heavy atom. The highest BCUT2D eigenvalue weighted by Gasteiger charge is 2.32. The molecular formula is C21H20F3N7OS. The molecule has 3 heterocycles. The van der Waals surface area contributed by atoms with Gasteiger partial charge in [0.25, 0.3) is 0 Å². The summed E-state index contributed by atoms with van der Waals surface area (Å²) in [4.78, 5) is 15.5. The third-order valence-electron chi connectivity index (χ3n) is 4.77. The number of hydrogen-bond donors (Lipinski definition) is 3. The van der Waals surface area contributed by atoms with Gasteiger partial charge in [-0.2, -0.15) is 13.2 Å². The number of rotatable bonds is 6. The Morgan fingerprint density at radius 3 is 2.45 bits per heavy atom. The molecule has 0 saturated carbocycles. The van der Waals surface area contributed by atoms with Crippen molar-refractivity contribution >= 4 is 50.8 Å². The number of nitrogens with one attached hydrogen (secondary N) is 3. The van der Waals surface area contributed by atoms with E-state index in [4.69, 9.17) is 0 Å². The summed E-state index contributed by atoms with van der Waals surface area (Å²) < 4.78 is 52.7. The van der Waals surface area contributed by atoms with E-state index in [1.165, 1.54) is 12.1 Å². The van der Waals surface area contributed by atoms with Crippen LogP contribution in [0, 0.1) is 6.92 Å². The van der Waals surface area contributed by atoms with Gasteiger partial charge in [0.05, 0.1) is 17.1 Å². The monoisotopic (exact) mass is 475 g/mol. The molecule has 33 heavy (non-hydrogen) atoms. The topological polar surface area (TPSA) is 98.8 Å². The van der Waals surface area contributed by atoms with E-state index in [2.05, 4.69) is 30.6 Å². The molecule has 172 valence electrons. The molecule has 1 unspecified atom stereocenters. The first-order chi connectivity index (χ1) is 15.6. The fourth-order valence-electron chi connectivity index (χ4n) is 3.20. The SMILES string of the molecule is Cc1nc2nc(Nc3cccc(C(F)(F)F)n3)cc(Nc3ccccc3N(C)S(C)=O)c2[nH]1. The summed E-state index contributed by atoms with van der Waals surface area (Å²) in [5.74, 6) is 0.875. The molecular weight excluding hydrogens is 455 g/mol. The summed E-state index contributed by atoms with van der Waals surface area (Å²) in [5, 5.41) is 6.12. The Hall–Kier alpha value is -3.67. The zero-order chi connectivity index (χ0) is 23.8. The van der Waals surface area contributed by atoms with Gasteiger partial charge in [-0.25, -0.2) is 19.2 Å². The first-order valence-corrected chi connectivity index (χ1v) is 11.3. The maximum Gasteiger partial charge on any atom is 0.433 e. The van der Waals surface area contributed by atoms with Crippen LogP contribution in [0.3, 0.4) is 0 Å². The second-order valence-electron chi connectivity index (χ2n) is 7.17. The van der Waals surface area contributed by atoms with E-state index in [0.29, 0.717) is 34.1 Å². The normalized spacial score (nSPS) is 12.5. The average Bonchev–Trinajstić information content (AvgIpc) is 3.13. The predicted octanol–water partition coefficient (Wildman–Crippen LogP) is 4.90. The molecule has 0 amide bonds. The standard InChI is InChI=1S/C21H20F3N7OS/c1-12-25-19-14(27-13-7-4-5-8-15(13)31(2)33(3)32)11-18(30-20(19)26-12)29-17-10-6-9-16(28-17)21(22,23)24/h4-11H,1-3H3,(H3,25,26,27,28,29,30). The molecule has 8 nitrogen and oxygen atoms in total. The maximum absolute atomic E-state index is 13.0. The van der Waals surface area contributed by atoms with E-state index in [9.17, 15) is 17.4 Å². The Kier molecular flexibility index (Phi) is 5.93. The van der Waals surface area contributed by atoms with Crippen LogP contribution in [0.25, 0.3) is 11.2 Å². The fourth-order valence-corrected chi connectivity index (χ4v) is 3.63. The quantitative estimate of drug-likeness (QED) is 0.367. The molecule has 4 aromatic rings. The Labute approximate surface area is 189 Å². The van der Waals surface area contributed by atoms with Crippen LogP contribution in [0.5, 0.6) is 0 Å². The van der Waals surface area contributed by atoms with Crippen molar-refractivity contribution in [2.45, 2.75) is 13.1 Å². The van der Waals surface area contributed by atoms with Crippen LogP contribution in [0.4, 0.5) is 41.9 Å². The molecule has 1 aromatic carbocycles. The number of H-pyrrole nitrogens is 1. The summed E-state index contributed by atoms with van der Waals surface area (Å²) in [5.41, 5.74) is 1.94. The maximum atomic E-state index is 13.0. The number of pyridine rings is 2. The molecule has 3 aromatic heterocycles. The molecule has 0 aliphatic rings. The van der Waals surface area contributed by atoms with E-state index in [0.717, 1.165) is 6.07 Å². The van der Waals surface area contributed by atoms with E-state index >= 15 is 0 Å². The van der Waals surface area contributed by atoms with E-state index in [1.54, 1.807) is 30.6 Å². The first-order valence-electron chi connectivity index (χ1n) is 9.74. The molecule has 0 spiro atoms. The minimum atomic E-state index is -4.56. The third-order valence-corrected chi connectivity index (χ3v) is 5.74. The third kappa shape index (κ3) is 4.90. The molecule has 12 heteroatoms. The van der Waals surface area contributed by atoms with Gasteiger partial charge >= 0.3 is 6.18 Å². The molecule has 0 fully saturated rings. The Bertz CT molecular complexity index is 1340. The number of aromatic nitrogens is 4. The van der Waals surface area contributed by atoms with Gasteiger partial charge in [0.2, 0.25) is 0 Å². The summed E-state index contributed by atoms with van der Waals surface area (Å²) in [6, 6.07) is 12.6. The number of alkyl halides is 3. The molecule has 0 bridgehead atoms. The van der Waals surface area contributed by atoms with Crippen LogP contribution in [0.1, 0.15) is 11.5 Å². The lowest BCUT2D eigenvalue weighted by Crippen LogP contribution is -2.19. The smallest absolute Gasteiger partial charge is 0.352 e. The lowest BCUT2D eigenvalue weighted by Gasteiger charge is -2.20. The molecule has 0 aliphatic heterocycles. The molecule has 1 atom stereocenters. The van der Waals surface area contributed by atoms with Gasteiger partial charge in [0, 0.05) is 19.4 Å². The van der Waals surface area contributed by atoms with Crippen molar-refractivity contribution < 1.29 is 17.4 Å². The van der Waals surface area contributed by atoms with Gasteiger partial charge in [-0.15, -0.1) is 0 Å². The fraction of sp³-hybridized carbons (Fsp3) is 0.190. The number of anilines is 5. The predicted molar refractivity (Wildman–Crippen MR) is 123 cm³/mol. The number of aromatic amines is 1. The summed E-state index contributed by atoms with van der Waals surface area (Å²) in [6.45, 7) is 1.77. The van der Waals surface area contributed by atoms with Crippen molar-refractivity contribution in [3.05, 3.63) is 60.0 Å². The minimum Gasteiger partial charge on any atom is -0.352 e. The van der Waals surface area contributed by atoms with Crippen molar-refractivity contribution in [3.8, 4) is 0 Å².